The Morgan fingerprint density at radius 2 is 1.25 bits per heavy atom. The highest BCUT2D eigenvalue weighted by Crippen LogP contribution is 2.41. The summed E-state index contributed by atoms with van der Waals surface area (Å²) in [6, 6.07) is -2.26. The second-order valence-corrected chi connectivity index (χ2v) is 12.3. The maximum absolute atomic E-state index is 9.75. The van der Waals surface area contributed by atoms with Crippen molar-refractivity contribution in [3.05, 3.63) is 157 Å². The Morgan fingerprint density at radius 1 is 0.529 bits per heavy atom. The van der Waals surface area contributed by atoms with E-state index in [1.165, 1.54) is 12.1 Å². The van der Waals surface area contributed by atoms with E-state index in [0.29, 0.717) is 10.8 Å². The summed E-state index contributed by atoms with van der Waals surface area (Å²) in [6.07, 6.45) is 0. The molecule has 0 amide bonds. The first-order chi connectivity index (χ1) is 33.6. The summed E-state index contributed by atoms with van der Waals surface area (Å²) in [4.78, 5) is 14.0. The number of hydrogen-bond donors (Lipinski definition) is 0. The number of fused-ring (bicyclic) bond motifs is 9. The van der Waals surface area contributed by atoms with Gasteiger partial charge in [0.15, 0.2) is 11.6 Å². The molecule has 0 N–H and O–H groups in total. The van der Waals surface area contributed by atoms with E-state index in [1.54, 1.807) is 24.3 Å². The molecule has 0 saturated heterocycles. The Bertz CT molecular complexity index is 4260. The van der Waals surface area contributed by atoms with E-state index in [4.69, 9.17) is 32.7 Å². The molecule has 4 aromatic heterocycles. The summed E-state index contributed by atoms with van der Waals surface area (Å²) in [5.74, 6) is -1.24. The normalized spacial score (nSPS) is 17.4. The number of hydrogen-bond acceptors (Lipinski definition) is 5. The lowest BCUT2D eigenvalue weighted by Gasteiger charge is -2.11. The van der Waals surface area contributed by atoms with Crippen LogP contribution in [0.2, 0.25) is 0 Å². The maximum Gasteiger partial charge on any atom is 0.238 e. The van der Waals surface area contributed by atoms with Crippen molar-refractivity contribution in [2.45, 2.75) is 0 Å². The third-order valence-electron chi connectivity index (χ3n) is 8.49. The van der Waals surface area contributed by atoms with E-state index in [0.717, 1.165) is 15.9 Å². The topological polar surface area (TPSA) is 56.7 Å². The number of para-hydroxylation sites is 1. The quantitative estimate of drug-likeness (QED) is 0.184. The molecule has 5 nitrogen and oxygen atoms in total. The first-order valence-corrected chi connectivity index (χ1v) is 16.1. The zero-order valence-corrected chi connectivity index (χ0v) is 26.4. The lowest BCUT2D eigenvalue weighted by atomic mass is 9.99. The highest BCUT2D eigenvalue weighted by molar-refractivity contribution is 7.25. The molecule has 7 aromatic carbocycles. The molecule has 4 heterocycles. The average molecular weight is 691 g/mol. The smallest absolute Gasteiger partial charge is 0.238 e. The highest BCUT2D eigenvalue weighted by Gasteiger charge is 2.20. The van der Waals surface area contributed by atoms with Crippen molar-refractivity contribution in [2.24, 2.45) is 0 Å². The zero-order valence-electron chi connectivity index (χ0n) is 45.6. The van der Waals surface area contributed by atoms with Crippen LogP contribution in [0.5, 0.6) is 0 Å². The fourth-order valence-corrected chi connectivity index (χ4v) is 7.29. The fourth-order valence-electron chi connectivity index (χ4n) is 6.32. The molecule has 0 saturated carbocycles. The van der Waals surface area contributed by atoms with Gasteiger partial charge in [0.05, 0.1) is 38.4 Å². The van der Waals surface area contributed by atoms with Gasteiger partial charge in [0.25, 0.3) is 0 Å². The van der Waals surface area contributed by atoms with Gasteiger partial charge in [-0.3, -0.25) is 4.57 Å². The molecule has 0 spiro atoms. The number of furan rings is 1. The van der Waals surface area contributed by atoms with E-state index >= 15 is 0 Å². The van der Waals surface area contributed by atoms with Crippen molar-refractivity contribution in [1.29, 1.82) is 0 Å². The zero-order chi connectivity index (χ0) is 50.9. The minimum Gasteiger partial charge on any atom is -0.456 e. The van der Waals surface area contributed by atoms with Gasteiger partial charge in [-0.2, -0.15) is 9.97 Å². The van der Waals surface area contributed by atoms with Gasteiger partial charge < -0.3 is 4.42 Å². The Labute approximate surface area is 323 Å². The van der Waals surface area contributed by atoms with Crippen LogP contribution in [0.1, 0.15) is 27.4 Å². The molecule has 0 fully saturated rings. The van der Waals surface area contributed by atoms with Crippen LogP contribution in [0.4, 0.5) is 0 Å². The predicted octanol–water partition coefficient (Wildman–Crippen LogP) is 12.2. The molecular formula is C45H26N4OS. The standard InChI is InChI=1S/C45H26N4OS/c1-3-12-27(13-4-1)30-18-11-20-38-42(30)33-23-22-29(24-39(33)50-38)44-46-43(28-14-5-2-6-15-28)47-45(48-44)49-36-19-9-7-16-31(36)34-25-35-32-17-8-10-21-40(32)51-41(35)26-37(34)49/h1-26H/i1D,2D,3D,4D,5D,6D,7D,8D,9D,10D,12D,13D,14D,15D,16D,17D,19D,21D,25D,26D. The van der Waals surface area contributed by atoms with E-state index in [-0.39, 0.29) is 75.7 Å². The van der Waals surface area contributed by atoms with Gasteiger partial charge >= 0.3 is 0 Å². The first-order valence-electron chi connectivity index (χ1n) is 25.3. The van der Waals surface area contributed by atoms with Crippen LogP contribution in [0.25, 0.3) is 104 Å². The predicted molar refractivity (Wildman–Crippen MR) is 211 cm³/mol. The van der Waals surface area contributed by atoms with Crippen molar-refractivity contribution in [3.8, 4) is 39.9 Å². The first kappa shape index (κ1) is 15.1. The van der Waals surface area contributed by atoms with Crippen molar-refractivity contribution < 1.29 is 31.8 Å². The molecule has 6 heteroatoms. The molecular weight excluding hydrogens is 645 g/mol. The SMILES string of the molecule is [2H]c1c([2H])c([2H])c(-c2nc(-c3ccc4c(c3)oc3cccc(-c5c([2H])c([2H])c([2H])c([2H])c5[2H])c34)nc(-n3c4c([2H])c([2H])c([2H])c([2H])c4c4c([2H])c5c(sc6c([2H])c([2H])c([2H])c([2H])c65)c([2H])c43)n2)c([2H])c1[2H]. The largest absolute Gasteiger partial charge is 0.456 e. The fraction of sp³-hybridized carbons (Fsp3) is 0. The highest BCUT2D eigenvalue weighted by atomic mass is 32.1. The second-order valence-electron chi connectivity index (χ2n) is 11.3. The Kier molecular flexibility index (Phi) is 3.24. The van der Waals surface area contributed by atoms with Gasteiger partial charge in [-0.05, 0) is 53.5 Å². The van der Waals surface area contributed by atoms with Gasteiger partial charge in [0.1, 0.15) is 11.2 Å². The Balaban J connectivity index is 1.27. The van der Waals surface area contributed by atoms with Crippen LogP contribution >= 0.6 is 11.3 Å². The number of aromatic nitrogens is 4. The molecule has 11 rings (SSSR count). The van der Waals surface area contributed by atoms with Crippen LogP contribution in [0.15, 0.2) is 162 Å². The van der Waals surface area contributed by atoms with Gasteiger partial charge in [-0.1, -0.05) is 115 Å². The van der Waals surface area contributed by atoms with E-state index in [9.17, 15) is 4.11 Å². The summed E-state index contributed by atoms with van der Waals surface area (Å²) in [5.41, 5.74) is -0.239. The van der Waals surface area contributed by atoms with Gasteiger partial charge in [0, 0.05) is 52.8 Å². The van der Waals surface area contributed by atoms with Crippen molar-refractivity contribution in [1.82, 2.24) is 19.5 Å². The molecule has 11 aromatic rings. The van der Waals surface area contributed by atoms with Gasteiger partial charge in [0.2, 0.25) is 5.95 Å². The lowest BCUT2D eigenvalue weighted by Crippen LogP contribution is -2.06. The monoisotopic (exact) mass is 690 g/mol. The molecule has 0 aliphatic carbocycles. The Morgan fingerprint density at radius 3 is 2.10 bits per heavy atom. The number of rotatable bonds is 4. The summed E-state index contributed by atoms with van der Waals surface area (Å²) >= 11 is 0.804. The minimum absolute atomic E-state index is 0.00208. The third-order valence-corrected chi connectivity index (χ3v) is 9.51. The summed E-state index contributed by atoms with van der Waals surface area (Å²) in [7, 11) is 0. The molecule has 0 atom stereocenters. The van der Waals surface area contributed by atoms with Gasteiger partial charge in [-0.15, -0.1) is 11.3 Å². The lowest BCUT2D eigenvalue weighted by molar-refractivity contribution is 0.669. The maximum atomic E-state index is 9.75. The molecule has 0 aliphatic rings. The molecule has 51 heavy (non-hydrogen) atoms. The number of benzene rings is 7. The molecule has 0 aliphatic heterocycles. The van der Waals surface area contributed by atoms with Crippen LogP contribution in [0, 0.1) is 0 Å². The minimum atomic E-state index is -0.734. The molecule has 0 radical (unpaired) electrons. The van der Waals surface area contributed by atoms with Crippen LogP contribution in [-0.4, -0.2) is 19.5 Å². The summed E-state index contributed by atoms with van der Waals surface area (Å²) in [6.45, 7) is 0. The number of nitrogens with zero attached hydrogens (tertiary/aromatic N) is 4. The van der Waals surface area contributed by atoms with E-state index < -0.39 is 138 Å². The van der Waals surface area contributed by atoms with Crippen molar-refractivity contribution in [2.75, 3.05) is 0 Å². The van der Waals surface area contributed by atoms with Gasteiger partial charge in [-0.25, -0.2) is 4.98 Å². The molecule has 0 unspecified atom stereocenters. The van der Waals surface area contributed by atoms with Crippen LogP contribution < -0.4 is 0 Å². The van der Waals surface area contributed by atoms with Crippen molar-refractivity contribution in [3.63, 3.8) is 0 Å². The average Bonchev–Trinajstić information content (AvgIpc) is 4.07. The molecule has 238 valence electrons. The van der Waals surface area contributed by atoms with Crippen LogP contribution in [-0.2, 0) is 0 Å². The third kappa shape index (κ3) is 4.37. The van der Waals surface area contributed by atoms with Crippen molar-refractivity contribution >= 4 is 75.3 Å². The number of thiophene rings is 1. The second kappa shape index (κ2) is 10.9. The van der Waals surface area contributed by atoms with E-state index in [2.05, 4.69) is 9.97 Å². The van der Waals surface area contributed by atoms with Crippen LogP contribution in [0.3, 0.4) is 0 Å². The summed E-state index contributed by atoms with van der Waals surface area (Å²) < 4.78 is 182. The summed E-state index contributed by atoms with van der Waals surface area (Å²) in [5, 5.41) is 0.216. The molecule has 0 bridgehead atoms. The van der Waals surface area contributed by atoms with E-state index in [1.807, 2.05) is 0 Å². The Hall–Kier alpha value is -6.63.